The van der Waals surface area contributed by atoms with E-state index in [2.05, 4.69) is 5.32 Å². The topological polar surface area (TPSA) is 34.0 Å². The highest BCUT2D eigenvalue weighted by atomic mass is 32.1. The van der Waals surface area contributed by atoms with Gasteiger partial charge >= 0.3 is 0 Å². The van der Waals surface area contributed by atoms with Gasteiger partial charge in [-0.15, -0.1) is 11.3 Å². The van der Waals surface area contributed by atoms with Crippen molar-refractivity contribution in [2.75, 3.05) is 0 Å². The number of carbonyl (C=O) groups is 1. The van der Waals surface area contributed by atoms with Crippen molar-refractivity contribution in [2.24, 2.45) is 7.05 Å². The molecule has 1 amide bonds. The Balaban J connectivity index is 1.77. The number of amides is 1. The molecule has 0 fully saturated rings. The van der Waals surface area contributed by atoms with Crippen molar-refractivity contribution < 1.29 is 4.79 Å². The van der Waals surface area contributed by atoms with Crippen molar-refractivity contribution in [1.82, 2.24) is 9.88 Å². The van der Waals surface area contributed by atoms with E-state index in [9.17, 15) is 4.79 Å². The highest BCUT2D eigenvalue weighted by Crippen LogP contribution is 2.17. The van der Waals surface area contributed by atoms with Crippen molar-refractivity contribution in [3.63, 3.8) is 0 Å². The molecule has 0 spiro atoms. The molecule has 3 nitrogen and oxygen atoms in total. The molecule has 1 aromatic carbocycles. The maximum absolute atomic E-state index is 12.1. The molecule has 0 aliphatic rings. The van der Waals surface area contributed by atoms with Crippen LogP contribution in [0.5, 0.6) is 0 Å². The molecule has 19 heavy (non-hydrogen) atoms. The standard InChI is InChI=1S/C15H14N2OS/c1-17-7-6-11-9-12(4-5-14(11)17)15(18)16-10-13-3-2-8-19-13/h2-9H,10H2,1H3,(H,16,18). The molecule has 0 unspecified atom stereocenters. The van der Waals surface area contributed by atoms with E-state index >= 15 is 0 Å². The second kappa shape index (κ2) is 4.90. The number of rotatable bonds is 3. The molecule has 2 aromatic heterocycles. The number of nitrogens with one attached hydrogen (secondary N) is 1. The molecule has 0 aliphatic heterocycles. The van der Waals surface area contributed by atoms with Crippen LogP contribution in [0.1, 0.15) is 15.2 Å². The van der Waals surface area contributed by atoms with Gasteiger partial charge in [-0.1, -0.05) is 6.07 Å². The molecular formula is C15H14N2OS. The molecule has 0 saturated carbocycles. The Morgan fingerprint density at radius 1 is 1.32 bits per heavy atom. The van der Waals surface area contributed by atoms with Gasteiger partial charge in [0.25, 0.3) is 5.91 Å². The van der Waals surface area contributed by atoms with E-state index in [0.717, 1.165) is 15.8 Å². The van der Waals surface area contributed by atoms with Gasteiger partial charge in [-0.3, -0.25) is 4.79 Å². The zero-order valence-corrected chi connectivity index (χ0v) is 11.4. The number of carbonyl (C=O) groups excluding carboxylic acids is 1. The Kier molecular flexibility index (Phi) is 3.09. The van der Waals surface area contributed by atoms with E-state index in [4.69, 9.17) is 0 Å². The number of fused-ring (bicyclic) bond motifs is 1. The minimum Gasteiger partial charge on any atom is -0.351 e. The molecule has 0 aliphatic carbocycles. The number of hydrogen-bond acceptors (Lipinski definition) is 2. The van der Waals surface area contributed by atoms with Gasteiger partial charge in [0.05, 0.1) is 6.54 Å². The minimum atomic E-state index is -0.0286. The van der Waals surface area contributed by atoms with Gasteiger partial charge in [0.2, 0.25) is 0 Å². The third-order valence-electron chi connectivity index (χ3n) is 3.15. The average molecular weight is 270 g/mol. The maximum Gasteiger partial charge on any atom is 0.251 e. The normalized spacial score (nSPS) is 10.8. The predicted molar refractivity (Wildman–Crippen MR) is 78.4 cm³/mol. The first-order valence-corrected chi connectivity index (χ1v) is 6.98. The van der Waals surface area contributed by atoms with Gasteiger partial charge in [0.15, 0.2) is 0 Å². The van der Waals surface area contributed by atoms with Crippen molar-refractivity contribution in [3.05, 3.63) is 58.4 Å². The van der Waals surface area contributed by atoms with Crippen LogP contribution in [0.15, 0.2) is 48.0 Å². The maximum atomic E-state index is 12.1. The number of thiophene rings is 1. The van der Waals surface area contributed by atoms with Crippen LogP contribution in [-0.4, -0.2) is 10.5 Å². The lowest BCUT2D eigenvalue weighted by molar-refractivity contribution is 0.0951. The fourth-order valence-electron chi connectivity index (χ4n) is 2.11. The molecule has 2 heterocycles. The lowest BCUT2D eigenvalue weighted by Gasteiger charge is -2.04. The molecule has 96 valence electrons. The summed E-state index contributed by atoms with van der Waals surface area (Å²) in [7, 11) is 2.00. The summed E-state index contributed by atoms with van der Waals surface area (Å²) in [6.45, 7) is 0.587. The Morgan fingerprint density at radius 2 is 2.21 bits per heavy atom. The van der Waals surface area contributed by atoms with Gasteiger partial charge in [-0.2, -0.15) is 0 Å². The Hall–Kier alpha value is -2.07. The first-order chi connectivity index (χ1) is 9.24. The van der Waals surface area contributed by atoms with Crippen molar-refractivity contribution >= 4 is 28.1 Å². The van der Waals surface area contributed by atoms with E-state index in [-0.39, 0.29) is 5.91 Å². The predicted octanol–water partition coefficient (Wildman–Crippen LogP) is 3.17. The van der Waals surface area contributed by atoms with E-state index < -0.39 is 0 Å². The lowest BCUT2D eigenvalue weighted by Crippen LogP contribution is -2.22. The number of benzene rings is 1. The van der Waals surface area contributed by atoms with Crippen LogP contribution < -0.4 is 5.32 Å². The third kappa shape index (κ3) is 2.39. The van der Waals surface area contributed by atoms with E-state index in [1.165, 1.54) is 0 Å². The smallest absolute Gasteiger partial charge is 0.251 e. The monoisotopic (exact) mass is 270 g/mol. The van der Waals surface area contributed by atoms with Crippen LogP contribution in [-0.2, 0) is 13.6 Å². The van der Waals surface area contributed by atoms with Gasteiger partial charge in [0.1, 0.15) is 0 Å². The fraction of sp³-hybridized carbons (Fsp3) is 0.133. The summed E-state index contributed by atoms with van der Waals surface area (Å²) in [5, 5.41) is 6.04. The van der Waals surface area contributed by atoms with Crippen LogP contribution in [0.2, 0.25) is 0 Å². The summed E-state index contributed by atoms with van der Waals surface area (Å²) >= 11 is 1.65. The summed E-state index contributed by atoms with van der Waals surface area (Å²) in [5.41, 5.74) is 1.84. The number of nitrogens with zero attached hydrogens (tertiary/aromatic N) is 1. The molecular weight excluding hydrogens is 256 g/mol. The van der Waals surface area contributed by atoms with E-state index in [1.54, 1.807) is 11.3 Å². The van der Waals surface area contributed by atoms with Crippen LogP contribution in [0.25, 0.3) is 10.9 Å². The number of aromatic nitrogens is 1. The SMILES string of the molecule is Cn1ccc2cc(C(=O)NCc3cccs3)ccc21. The minimum absolute atomic E-state index is 0.0286. The molecule has 0 radical (unpaired) electrons. The van der Waals surface area contributed by atoms with Gasteiger partial charge in [-0.25, -0.2) is 0 Å². The van der Waals surface area contributed by atoms with Gasteiger partial charge in [0, 0.05) is 34.6 Å². The molecule has 0 bridgehead atoms. The van der Waals surface area contributed by atoms with Crippen LogP contribution in [0.3, 0.4) is 0 Å². The summed E-state index contributed by atoms with van der Waals surface area (Å²) in [6, 6.07) is 11.8. The summed E-state index contributed by atoms with van der Waals surface area (Å²) < 4.78 is 2.04. The average Bonchev–Trinajstić information content (AvgIpc) is 3.06. The fourth-order valence-corrected chi connectivity index (χ4v) is 2.75. The second-order valence-corrected chi connectivity index (χ2v) is 5.49. The molecule has 0 atom stereocenters. The number of hydrogen-bond donors (Lipinski definition) is 1. The van der Waals surface area contributed by atoms with Gasteiger partial charge in [-0.05, 0) is 35.7 Å². The van der Waals surface area contributed by atoms with Gasteiger partial charge < -0.3 is 9.88 Å². The first kappa shape index (κ1) is 12.0. The molecule has 3 aromatic rings. The lowest BCUT2D eigenvalue weighted by atomic mass is 10.1. The molecule has 0 saturated heterocycles. The Labute approximate surface area is 115 Å². The van der Waals surface area contributed by atoms with Crippen molar-refractivity contribution in [3.8, 4) is 0 Å². The zero-order valence-electron chi connectivity index (χ0n) is 10.6. The van der Waals surface area contributed by atoms with Crippen LogP contribution >= 0.6 is 11.3 Å². The van der Waals surface area contributed by atoms with E-state index in [1.807, 2.05) is 59.6 Å². The summed E-state index contributed by atoms with van der Waals surface area (Å²) in [4.78, 5) is 13.2. The third-order valence-corrected chi connectivity index (χ3v) is 4.03. The molecule has 3 rings (SSSR count). The molecule has 4 heteroatoms. The number of aryl methyl sites for hydroxylation is 1. The quantitative estimate of drug-likeness (QED) is 0.779. The highest BCUT2D eigenvalue weighted by molar-refractivity contribution is 7.09. The Bertz CT molecular complexity index is 713. The molecule has 1 N–H and O–H groups in total. The Morgan fingerprint density at radius 3 is 3.00 bits per heavy atom. The van der Waals surface area contributed by atoms with E-state index in [0.29, 0.717) is 12.1 Å². The largest absolute Gasteiger partial charge is 0.351 e. The first-order valence-electron chi connectivity index (χ1n) is 6.10. The highest BCUT2D eigenvalue weighted by Gasteiger charge is 2.07. The van der Waals surface area contributed by atoms with Crippen LogP contribution in [0, 0.1) is 0 Å². The zero-order chi connectivity index (χ0) is 13.2. The van der Waals surface area contributed by atoms with Crippen LogP contribution in [0.4, 0.5) is 0 Å². The summed E-state index contributed by atoms with van der Waals surface area (Å²) in [6.07, 6.45) is 2.00. The van der Waals surface area contributed by atoms with Crippen molar-refractivity contribution in [1.29, 1.82) is 0 Å². The summed E-state index contributed by atoms with van der Waals surface area (Å²) in [5.74, 6) is -0.0286. The second-order valence-electron chi connectivity index (χ2n) is 4.46. The van der Waals surface area contributed by atoms with Crippen molar-refractivity contribution in [2.45, 2.75) is 6.54 Å².